The summed E-state index contributed by atoms with van der Waals surface area (Å²) in [5.41, 5.74) is 0. The second-order valence-electron chi connectivity index (χ2n) is 16.3. The van der Waals surface area contributed by atoms with E-state index in [4.69, 9.17) is 18.9 Å². The fourth-order valence-electron chi connectivity index (χ4n) is 5.70. The SMILES string of the molecule is CC/C=C\C/C=C\C/C=C\C/C=C\C/C=C\CCCC(=O)OC(COC(=O)CCCCCCCC/C=C\C/C=C\C/C=C\CCCCC)COC(OCC[N+](C)(C)C)C(=O)O. The van der Waals surface area contributed by atoms with Crippen LogP contribution >= 0.6 is 0 Å². The van der Waals surface area contributed by atoms with Gasteiger partial charge in [0.25, 0.3) is 6.29 Å². The Morgan fingerprint density at radius 3 is 1.44 bits per heavy atom. The van der Waals surface area contributed by atoms with Gasteiger partial charge >= 0.3 is 17.9 Å². The number of ether oxygens (including phenoxy) is 4. The number of hydrogen-bond acceptors (Lipinski definition) is 7. The van der Waals surface area contributed by atoms with Crippen LogP contribution in [0.2, 0.25) is 0 Å². The van der Waals surface area contributed by atoms with Crippen molar-refractivity contribution in [3.05, 3.63) is 97.2 Å². The molecule has 1 N–H and O–H groups in total. The molecule has 2 atom stereocenters. The Bertz CT molecular complexity index is 1320. The van der Waals surface area contributed by atoms with Gasteiger partial charge < -0.3 is 28.5 Å². The molecule has 0 saturated carbocycles. The number of nitrogens with zero attached hydrogens (tertiary/aromatic N) is 1. The van der Waals surface area contributed by atoms with Gasteiger partial charge in [0.05, 0.1) is 34.4 Å². The highest BCUT2D eigenvalue weighted by atomic mass is 16.7. The number of esters is 2. The van der Waals surface area contributed by atoms with E-state index in [0.717, 1.165) is 83.5 Å². The van der Waals surface area contributed by atoms with Gasteiger partial charge in [-0.15, -0.1) is 0 Å². The van der Waals surface area contributed by atoms with Crippen LogP contribution in [0.5, 0.6) is 0 Å². The lowest BCUT2D eigenvalue weighted by atomic mass is 10.1. The zero-order valence-corrected chi connectivity index (χ0v) is 39.0. The summed E-state index contributed by atoms with van der Waals surface area (Å²) in [5, 5.41) is 9.64. The van der Waals surface area contributed by atoms with Crippen LogP contribution in [0.1, 0.15) is 155 Å². The molecule has 0 bridgehead atoms. The molecule has 0 aromatic rings. The predicted molar refractivity (Wildman–Crippen MR) is 253 cm³/mol. The van der Waals surface area contributed by atoms with Crippen molar-refractivity contribution in [2.45, 2.75) is 167 Å². The largest absolute Gasteiger partial charge is 0.477 e. The number of quaternary nitrogens is 1. The minimum atomic E-state index is -1.53. The van der Waals surface area contributed by atoms with Gasteiger partial charge in [0.15, 0.2) is 6.10 Å². The highest BCUT2D eigenvalue weighted by molar-refractivity contribution is 5.71. The van der Waals surface area contributed by atoms with Gasteiger partial charge in [-0.3, -0.25) is 9.59 Å². The van der Waals surface area contributed by atoms with Crippen molar-refractivity contribution in [2.24, 2.45) is 0 Å². The minimum absolute atomic E-state index is 0.169. The maximum Gasteiger partial charge on any atom is 0.361 e. The van der Waals surface area contributed by atoms with Crippen molar-refractivity contribution in [1.82, 2.24) is 0 Å². The van der Waals surface area contributed by atoms with Crippen LogP contribution in [0.4, 0.5) is 0 Å². The summed E-state index contributed by atoms with van der Waals surface area (Å²) in [4.78, 5) is 37.2. The minimum Gasteiger partial charge on any atom is -0.477 e. The number of carboxylic acid groups (broad SMARTS) is 1. The van der Waals surface area contributed by atoms with Gasteiger partial charge in [0.2, 0.25) is 0 Å². The number of aliphatic carboxylic acids is 1. The molecule has 0 amide bonds. The number of carbonyl (C=O) groups is 3. The molecule has 0 heterocycles. The topological polar surface area (TPSA) is 108 Å². The van der Waals surface area contributed by atoms with Gasteiger partial charge in [-0.1, -0.05) is 150 Å². The van der Waals surface area contributed by atoms with Crippen LogP contribution < -0.4 is 0 Å². The third-order valence-electron chi connectivity index (χ3n) is 9.32. The van der Waals surface area contributed by atoms with Gasteiger partial charge in [0.1, 0.15) is 13.2 Å². The maximum atomic E-state index is 12.8. The lowest BCUT2D eigenvalue weighted by Gasteiger charge is -2.25. The van der Waals surface area contributed by atoms with Crippen molar-refractivity contribution in [1.29, 1.82) is 0 Å². The van der Waals surface area contributed by atoms with E-state index in [2.05, 4.69) is 105 Å². The lowest BCUT2D eigenvalue weighted by Crippen LogP contribution is -2.40. The number of rotatable bonds is 41. The first-order valence-electron chi connectivity index (χ1n) is 23.4. The lowest BCUT2D eigenvalue weighted by molar-refractivity contribution is -0.870. The molecule has 0 fully saturated rings. The summed E-state index contributed by atoms with van der Waals surface area (Å²) in [6.45, 7) is 4.62. The Kier molecular flexibility index (Phi) is 40.2. The Morgan fingerprint density at radius 1 is 0.508 bits per heavy atom. The number of likely N-dealkylation sites (N-methyl/N-ethyl adjacent to an activating group) is 1. The second kappa shape index (κ2) is 42.9. The number of carboxylic acids is 1. The summed E-state index contributed by atoms with van der Waals surface area (Å²) in [5.74, 6) is -2.12. The van der Waals surface area contributed by atoms with Gasteiger partial charge in [-0.2, -0.15) is 0 Å². The fraction of sp³-hybridized carbons (Fsp3) is 0.635. The first kappa shape index (κ1) is 57.2. The standard InChI is InChI=1S/C52H85NO8/c1-6-8-10-12-14-16-18-20-22-24-25-27-28-30-32-34-36-38-40-42-49(54)59-46-48(47-60-52(51(56)57)58-45-44-53(3,4)5)61-50(55)43-41-39-37-35-33-31-29-26-23-21-19-17-15-13-11-9-7-2/h9,11,14-17,20-23,25,27,29,31,35,37,48,52H,6-8,10,12-13,18-19,24,26,28,30,32-34,36,38-47H2,1-5H3/p+1/b11-9-,16-14-,17-15-,22-20-,23-21-,27-25-,31-29-,37-35-. The van der Waals surface area contributed by atoms with Crippen molar-refractivity contribution in [3.63, 3.8) is 0 Å². The van der Waals surface area contributed by atoms with Crippen LogP contribution in [0.15, 0.2) is 97.2 Å². The first-order chi connectivity index (χ1) is 29.6. The van der Waals surface area contributed by atoms with Crippen LogP contribution in [0.25, 0.3) is 0 Å². The first-order valence-corrected chi connectivity index (χ1v) is 23.4. The molecule has 0 aliphatic heterocycles. The van der Waals surface area contributed by atoms with E-state index in [0.29, 0.717) is 23.9 Å². The molecular weight excluding hydrogens is 767 g/mol. The Balaban J connectivity index is 4.55. The zero-order chi connectivity index (χ0) is 44.9. The van der Waals surface area contributed by atoms with Crippen molar-refractivity contribution < 1.29 is 42.9 Å². The van der Waals surface area contributed by atoms with Gasteiger partial charge in [0, 0.05) is 12.8 Å². The van der Waals surface area contributed by atoms with Crippen LogP contribution in [0, 0.1) is 0 Å². The average Bonchev–Trinajstić information content (AvgIpc) is 3.22. The zero-order valence-electron chi connectivity index (χ0n) is 39.0. The normalized spacial score (nSPS) is 13.8. The molecule has 0 aliphatic carbocycles. The third-order valence-corrected chi connectivity index (χ3v) is 9.32. The number of allylic oxidation sites excluding steroid dienone is 16. The Morgan fingerprint density at radius 2 is 0.951 bits per heavy atom. The van der Waals surface area contributed by atoms with E-state index in [9.17, 15) is 19.5 Å². The molecule has 61 heavy (non-hydrogen) atoms. The molecule has 346 valence electrons. The quantitative estimate of drug-likeness (QED) is 0.0213. The molecule has 0 aromatic carbocycles. The molecule has 0 saturated heterocycles. The van der Waals surface area contributed by atoms with E-state index in [-0.39, 0.29) is 38.6 Å². The average molecular weight is 853 g/mol. The highest BCUT2D eigenvalue weighted by Gasteiger charge is 2.25. The maximum absolute atomic E-state index is 12.8. The van der Waals surface area contributed by atoms with Crippen LogP contribution in [0.3, 0.4) is 0 Å². The monoisotopic (exact) mass is 853 g/mol. The molecule has 2 unspecified atom stereocenters. The molecule has 0 rings (SSSR count). The molecule has 0 radical (unpaired) electrons. The molecule has 0 spiro atoms. The predicted octanol–water partition coefficient (Wildman–Crippen LogP) is 12.7. The number of unbranched alkanes of at least 4 members (excludes halogenated alkanes) is 10. The smallest absolute Gasteiger partial charge is 0.361 e. The van der Waals surface area contributed by atoms with Crippen LogP contribution in [-0.2, 0) is 33.3 Å². The third kappa shape index (κ3) is 44.1. The van der Waals surface area contributed by atoms with Crippen molar-refractivity contribution in [3.8, 4) is 0 Å². The van der Waals surface area contributed by atoms with E-state index >= 15 is 0 Å². The summed E-state index contributed by atoms with van der Waals surface area (Å²) in [6.07, 6.45) is 53.3. The number of hydrogen-bond donors (Lipinski definition) is 1. The van der Waals surface area contributed by atoms with Crippen molar-refractivity contribution in [2.75, 3.05) is 47.5 Å². The highest BCUT2D eigenvalue weighted by Crippen LogP contribution is 2.12. The Labute approximate surface area is 372 Å². The molecular formula is C52H86NO8+. The molecule has 9 nitrogen and oxygen atoms in total. The van der Waals surface area contributed by atoms with E-state index in [1.54, 1.807) is 0 Å². The van der Waals surface area contributed by atoms with E-state index in [1.165, 1.54) is 32.1 Å². The van der Waals surface area contributed by atoms with Gasteiger partial charge in [-0.25, -0.2) is 4.79 Å². The Hall–Kier alpha value is -3.79. The summed E-state index contributed by atoms with van der Waals surface area (Å²) >= 11 is 0. The van der Waals surface area contributed by atoms with Crippen LogP contribution in [-0.4, -0.2) is 87.4 Å². The summed E-state index contributed by atoms with van der Waals surface area (Å²) in [7, 11) is 5.92. The van der Waals surface area contributed by atoms with E-state index in [1.807, 2.05) is 27.2 Å². The fourth-order valence-corrected chi connectivity index (χ4v) is 5.70. The van der Waals surface area contributed by atoms with E-state index < -0.39 is 24.3 Å². The van der Waals surface area contributed by atoms with Gasteiger partial charge in [-0.05, 0) is 89.9 Å². The second-order valence-corrected chi connectivity index (χ2v) is 16.3. The molecule has 0 aliphatic rings. The summed E-state index contributed by atoms with van der Waals surface area (Å²) < 4.78 is 22.7. The molecule has 9 heteroatoms. The van der Waals surface area contributed by atoms with Crippen molar-refractivity contribution >= 4 is 17.9 Å². The number of carbonyl (C=O) groups excluding carboxylic acids is 2. The molecule has 0 aromatic heterocycles. The summed E-state index contributed by atoms with van der Waals surface area (Å²) in [6, 6.07) is 0.